The van der Waals surface area contributed by atoms with Crippen LogP contribution in [0.5, 0.6) is 0 Å². The molecule has 2 aromatic rings. The Morgan fingerprint density at radius 1 is 0.929 bits per heavy atom. The van der Waals surface area contributed by atoms with Crippen LogP contribution >= 0.6 is 0 Å². The van der Waals surface area contributed by atoms with Gasteiger partial charge in [0.25, 0.3) is 0 Å². The number of ether oxygens (including phenoxy) is 1. The summed E-state index contributed by atoms with van der Waals surface area (Å²) < 4.78 is 5.09. The minimum atomic E-state index is -0.277. The maximum atomic E-state index is 12.9. The van der Waals surface area contributed by atoms with E-state index in [2.05, 4.69) is 35.2 Å². The lowest BCUT2D eigenvalue weighted by molar-refractivity contribution is -0.133. The molecule has 0 N–H and O–H groups in total. The van der Waals surface area contributed by atoms with E-state index in [0.717, 1.165) is 30.8 Å². The monoisotopic (exact) mass is 377 g/mol. The molecule has 3 aliphatic rings. The fourth-order valence-electron chi connectivity index (χ4n) is 4.47. The topological polar surface area (TPSA) is 53.1 Å². The van der Waals surface area contributed by atoms with Gasteiger partial charge in [0.15, 0.2) is 0 Å². The fraction of sp³-hybridized carbons (Fsp3) is 0.364. The van der Waals surface area contributed by atoms with Crippen LogP contribution in [0.4, 0.5) is 10.5 Å². The van der Waals surface area contributed by atoms with Crippen molar-refractivity contribution >= 4 is 17.7 Å². The first-order valence-electron chi connectivity index (χ1n) is 9.81. The molecule has 144 valence electrons. The van der Waals surface area contributed by atoms with E-state index in [4.69, 9.17) is 4.74 Å². The minimum absolute atomic E-state index is 0.171. The summed E-state index contributed by atoms with van der Waals surface area (Å²) in [7, 11) is 0. The molecule has 0 aliphatic carbocycles. The molecule has 2 aromatic carbocycles. The smallest absolute Gasteiger partial charge is 0.414 e. The third kappa shape index (κ3) is 3.03. The summed E-state index contributed by atoms with van der Waals surface area (Å²) in [4.78, 5) is 30.7. The maximum Gasteiger partial charge on any atom is 0.414 e. The van der Waals surface area contributed by atoms with Crippen LogP contribution in [0.3, 0.4) is 0 Å². The number of rotatable bonds is 3. The number of hydrogen-bond acceptors (Lipinski definition) is 4. The summed E-state index contributed by atoms with van der Waals surface area (Å²) >= 11 is 0. The van der Waals surface area contributed by atoms with Gasteiger partial charge in [-0.15, -0.1) is 0 Å². The molecule has 3 heterocycles. The van der Waals surface area contributed by atoms with Crippen molar-refractivity contribution in [1.29, 1.82) is 0 Å². The molecular weight excluding hydrogens is 354 g/mol. The first kappa shape index (κ1) is 17.3. The number of cyclic esters (lactones) is 1. The highest BCUT2D eigenvalue weighted by Gasteiger charge is 2.30. The van der Waals surface area contributed by atoms with E-state index in [0.29, 0.717) is 32.8 Å². The average molecular weight is 377 g/mol. The summed E-state index contributed by atoms with van der Waals surface area (Å²) in [5.41, 5.74) is 5.87. The van der Waals surface area contributed by atoms with Gasteiger partial charge in [0.2, 0.25) is 5.91 Å². The third-order valence-corrected chi connectivity index (χ3v) is 5.91. The minimum Gasteiger partial charge on any atom is -0.447 e. The molecule has 0 bridgehead atoms. The Morgan fingerprint density at radius 2 is 1.68 bits per heavy atom. The number of fused-ring (bicyclic) bond motifs is 2. The molecule has 0 atom stereocenters. The lowest BCUT2D eigenvalue weighted by atomic mass is 9.97. The Labute approximate surface area is 164 Å². The van der Waals surface area contributed by atoms with E-state index >= 15 is 0 Å². The highest BCUT2D eigenvalue weighted by molar-refractivity contribution is 5.90. The van der Waals surface area contributed by atoms with Crippen LogP contribution in [0.2, 0.25) is 0 Å². The molecule has 0 radical (unpaired) electrons. The molecule has 0 spiro atoms. The molecule has 0 unspecified atom stereocenters. The van der Waals surface area contributed by atoms with Crippen molar-refractivity contribution in [3.8, 4) is 0 Å². The van der Waals surface area contributed by atoms with Gasteiger partial charge in [-0.1, -0.05) is 36.4 Å². The Morgan fingerprint density at radius 3 is 2.39 bits per heavy atom. The summed E-state index contributed by atoms with van der Waals surface area (Å²) in [6, 6.07) is 14.4. The standard InChI is InChI=1S/C22H23N3O3/c26-21(15-23-12-16-4-1-2-5-17(16)13-23)24-9-8-19-18(14-24)6-3-7-20(19)25-10-11-28-22(25)27/h1-7H,8-15H2. The molecule has 2 amide bonds. The van der Waals surface area contributed by atoms with Crippen molar-refractivity contribution in [3.63, 3.8) is 0 Å². The first-order valence-corrected chi connectivity index (χ1v) is 9.81. The number of hydrogen-bond donors (Lipinski definition) is 0. The highest BCUT2D eigenvalue weighted by Crippen LogP contribution is 2.31. The van der Waals surface area contributed by atoms with E-state index in [1.165, 1.54) is 16.7 Å². The summed E-state index contributed by atoms with van der Waals surface area (Å²) in [6.07, 6.45) is 0.488. The van der Waals surface area contributed by atoms with Crippen molar-refractivity contribution in [3.05, 3.63) is 64.7 Å². The van der Waals surface area contributed by atoms with Crippen LogP contribution in [0.1, 0.15) is 22.3 Å². The zero-order valence-corrected chi connectivity index (χ0v) is 15.8. The van der Waals surface area contributed by atoms with Crippen molar-refractivity contribution in [2.75, 3.05) is 31.1 Å². The lowest BCUT2D eigenvalue weighted by Gasteiger charge is -2.32. The fourth-order valence-corrected chi connectivity index (χ4v) is 4.47. The highest BCUT2D eigenvalue weighted by atomic mass is 16.6. The van der Waals surface area contributed by atoms with E-state index in [1.54, 1.807) is 4.90 Å². The predicted molar refractivity (Wildman–Crippen MR) is 105 cm³/mol. The zero-order valence-electron chi connectivity index (χ0n) is 15.8. The summed E-state index contributed by atoms with van der Waals surface area (Å²) in [6.45, 7) is 4.44. The van der Waals surface area contributed by atoms with Crippen molar-refractivity contribution in [2.45, 2.75) is 26.1 Å². The van der Waals surface area contributed by atoms with Gasteiger partial charge in [-0.3, -0.25) is 14.6 Å². The molecule has 0 aromatic heterocycles. The van der Waals surface area contributed by atoms with Crippen molar-refractivity contribution in [1.82, 2.24) is 9.80 Å². The molecule has 6 heteroatoms. The number of nitrogens with zero attached hydrogens (tertiary/aromatic N) is 3. The van der Waals surface area contributed by atoms with E-state index in [-0.39, 0.29) is 12.0 Å². The summed E-state index contributed by atoms with van der Waals surface area (Å²) in [5, 5.41) is 0. The number of carbonyl (C=O) groups is 2. The second-order valence-electron chi connectivity index (χ2n) is 7.66. The number of benzene rings is 2. The van der Waals surface area contributed by atoms with Gasteiger partial charge in [0.1, 0.15) is 6.61 Å². The van der Waals surface area contributed by atoms with Gasteiger partial charge in [0, 0.05) is 26.2 Å². The second kappa shape index (κ2) is 6.95. The Hall–Kier alpha value is -2.86. The molecular formula is C22H23N3O3. The third-order valence-electron chi connectivity index (χ3n) is 5.91. The van der Waals surface area contributed by atoms with Gasteiger partial charge in [-0.25, -0.2) is 4.79 Å². The van der Waals surface area contributed by atoms with Gasteiger partial charge < -0.3 is 9.64 Å². The molecule has 0 saturated carbocycles. The quantitative estimate of drug-likeness (QED) is 0.825. The number of carbonyl (C=O) groups excluding carboxylic acids is 2. The largest absolute Gasteiger partial charge is 0.447 e. The van der Waals surface area contributed by atoms with Crippen LogP contribution in [0.25, 0.3) is 0 Å². The molecule has 5 rings (SSSR count). The lowest BCUT2D eigenvalue weighted by Crippen LogP contribution is -2.42. The van der Waals surface area contributed by atoms with Crippen LogP contribution < -0.4 is 4.90 Å². The SMILES string of the molecule is O=C(CN1Cc2ccccc2C1)N1CCc2c(cccc2N2CCOC2=O)C1. The van der Waals surface area contributed by atoms with Crippen molar-refractivity contribution < 1.29 is 14.3 Å². The van der Waals surface area contributed by atoms with E-state index in [9.17, 15) is 9.59 Å². The molecule has 3 aliphatic heterocycles. The van der Waals surface area contributed by atoms with Crippen LogP contribution in [0, 0.1) is 0 Å². The van der Waals surface area contributed by atoms with Crippen molar-refractivity contribution in [2.24, 2.45) is 0 Å². The Kier molecular flexibility index (Phi) is 4.28. The van der Waals surface area contributed by atoms with Gasteiger partial charge in [0.05, 0.1) is 18.8 Å². The molecule has 6 nitrogen and oxygen atoms in total. The van der Waals surface area contributed by atoms with Gasteiger partial charge in [-0.2, -0.15) is 0 Å². The Balaban J connectivity index is 1.27. The zero-order chi connectivity index (χ0) is 19.1. The van der Waals surface area contributed by atoms with Gasteiger partial charge in [-0.05, 0) is 34.7 Å². The number of anilines is 1. The average Bonchev–Trinajstić information content (AvgIpc) is 3.32. The second-order valence-corrected chi connectivity index (χ2v) is 7.66. The normalized spacial score (nSPS) is 18.8. The molecule has 28 heavy (non-hydrogen) atoms. The van der Waals surface area contributed by atoms with Crippen LogP contribution in [-0.2, 0) is 35.6 Å². The van der Waals surface area contributed by atoms with E-state index in [1.807, 2.05) is 17.0 Å². The van der Waals surface area contributed by atoms with Crippen LogP contribution in [-0.4, -0.2) is 48.0 Å². The molecule has 1 fully saturated rings. The number of amides is 2. The van der Waals surface area contributed by atoms with Gasteiger partial charge >= 0.3 is 6.09 Å². The first-order chi connectivity index (χ1) is 13.7. The van der Waals surface area contributed by atoms with Crippen LogP contribution in [0.15, 0.2) is 42.5 Å². The summed E-state index contributed by atoms with van der Waals surface area (Å²) in [5.74, 6) is 0.171. The molecule has 1 saturated heterocycles. The van der Waals surface area contributed by atoms with E-state index < -0.39 is 0 Å². The Bertz CT molecular complexity index is 917. The maximum absolute atomic E-state index is 12.9. The predicted octanol–water partition coefficient (Wildman–Crippen LogP) is 2.54.